The molecule has 96 valence electrons. The van der Waals surface area contributed by atoms with Crippen LogP contribution in [0.15, 0.2) is 18.2 Å². The first-order valence-corrected chi connectivity index (χ1v) is 6.34. The van der Waals surface area contributed by atoms with Crippen LogP contribution in [-0.4, -0.2) is 10.2 Å². The Morgan fingerprint density at radius 2 is 1.83 bits per heavy atom. The number of aromatic nitrogens is 2. The molecule has 2 aromatic rings. The predicted octanol–water partition coefficient (Wildman–Crippen LogP) is 3.82. The van der Waals surface area contributed by atoms with Gasteiger partial charge in [0.2, 0.25) is 0 Å². The van der Waals surface area contributed by atoms with E-state index in [0.29, 0.717) is 0 Å². The second-order valence-corrected chi connectivity index (χ2v) is 5.02. The van der Waals surface area contributed by atoms with Gasteiger partial charge in [-0.25, -0.2) is 0 Å². The van der Waals surface area contributed by atoms with Gasteiger partial charge in [-0.15, -0.1) is 0 Å². The SMILES string of the molecule is Cc1ccc(C(C)Nc2c(C)n[nH]c2C)cc1C. The van der Waals surface area contributed by atoms with E-state index in [2.05, 4.69) is 54.5 Å². The van der Waals surface area contributed by atoms with Gasteiger partial charge in [0.15, 0.2) is 0 Å². The average Bonchev–Trinajstić information content (AvgIpc) is 2.64. The second-order valence-electron chi connectivity index (χ2n) is 5.02. The van der Waals surface area contributed by atoms with Gasteiger partial charge < -0.3 is 5.32 Å². The third kappa shape index (κ3) is 2.40. The number of nitrogens with zero attached hydrogens (tertiary/aromatic N) is 1. The maximum absolute atomic E-state index is 4.21. The average molecular weight is 243 g/mol. The lowest BCUT2D eigenvalue weighted by Gasteiger charge is -2.17. The molecular weight excluding hydrogens is 222 g/mol. The number of hydrogen-bond donors (Lipinski definition) is 2. The molecule has 1 aromatic carbocycles. The van der Waals surface area contributed by atoms with E-state index in [1.807, 2.05) is 13.8 Å². The van der Waals surface area contributed by atoms with E-state index in [1.54, 1.807) is 0 Å². The highest BCUT2D eigenvalue weighted by Crippen LogP contribution is 2.24. The molecule has 1 unspecified atom stereocenters. The van der Waals surface area contributed by atoms with Gasteiger partial charge in [-0.2, -0.15) is 5.10 Å². The molecule has 3 heteroatoms. The summed E-state index contributed by atoms with van der Waals surface area (Å²) in [5.74, 6) is 0. The number of benzene rings is 1. The molecular formula is C15H21N3. The van der Waals surface area contributed by atoms with Crippen LogP contribution in [0, 0.1) is 27.7 Å². The molecule has 0 saturated heterocycles. The first-order valence-electron chi connectivity index (χ1n) is 6.34. The third-order valence-electron chi connectivity index (χ3n) is 3.52. The van der Waals surface area contributed by atoms with Gasteiger partial charge >= 0.3 is 0 Å². The smallest absolute Gasteiger partial charge is 0.0825 e. The van der Waals surface area contributed by atoms with Gasteiger partial charge in [0.1, 0.15) is 0 Å². The van der Waals surface area contributed by atoms with E-state index < -0.39 is 0 Å². The quantitative estimate of drug-likeness (QED) is 0.860. The third-order valence-corrected chi connectivity index (χ3v) is 3.52. The molecule has 0 spiro atoms. The molecule has 1 atom stereocenters. The molecule has 2 N–H and O–H groups in total. The van der Waals surface area contributed by atoms with Crippen LogP contribution in [0.3, 0.4) is 0 Å². The van der Waals surface area contributed by atoms with Gasteiger partial charge in [0.05, 0.1) is 17.1 Å². The predicted molar refractivity (Wildman–Crippen MR) is 76.0 cm³/mol. The number of aromatic amines is 1. The maximum atomic E-state index is 4.21. The molecule has 0 amide bonds. The number of rotatable bonds is 3. The van der Waals surface area contributed by atoms with Crippen LogP contribution in [0.25, 0.3) is 0 Å². The van der Waals surface area contributed by atoms with Crippen molar-refractivity contribution in [3.8, 4) is 0 Å². The fourth-order valence-electron chi connectivity index (χ4n) is 2.10. The topological polar surface area (TPSA) is 40.7 Å². The summed E-state index contributed by atoms with van der Waals surface area (Å²) in [7, 11) is 0. The minimum Gasteiger partial charge on any atom is -0.376 e. The zero-order valence-corrected chi connectivity index (χ0v) is 11.8. The summed E-state index contributed by atoms with van der Waals surface area (Å²) in [6, 6.07) is 6.89. The number of H-pyrrole nitrogens is 1. The summed E-state index contributed by atoms with van der Waals surface area (Å²) in [5.41, 5.74) is 7.19. The molecule has 0 radical (unpaired) electrons. The Morgan fingerprint density at radius 1 is 1.11 bits per heavy atom. The fraction of sp³-hybridized carbons (Fsp3) is 0.400. The number of hydrogen-bond acceptors (Lipinski definition) is 2. The van der Waals surface area contributed by atoms with Crippen molar-refractivity contribution in [1.29, 1.82) is 0 Å². The normalized spacial score (nSPS) is 12.5. The van der Waals surface area contributed by atoms with E-state index in [-0.39, 0.29) is 6.04 Å². The number of nitrogens with one attached hydrogen (secondary N) is 2. The Kier molecular flexibility index (Phi) is 3.41. The summed E-state index contributed by atoms with van der Waals surface area (Å²) in [5, 5.41) is 10.7. The van der Waals surface area contributed by atoms with E-state index in [4.69, 9.17) is 0 Å². The molecule has 1 aromatic heterocycles. The van der Waals surface area contributed by atoms with Crippen molar-refractivity contribution in [1.82, 2.24) is 10.2 Å². The first-order chi connectivity index (χ1) is 8.49. The summed E-state index contributed by atoms with van der Waals surface area (Å²) in [6.07, 6.45) is 0. The largest absolute Gasteiger partial charge is 0.376 e. The van der Waals surface area contributed by atoms with Gasteiger partial charge in [0.25, 0.3) is 0 Å². The Labute approximate surface area is 109 Å². The van der Waals surface area contributed by atoms with Crippen molar-refractivity contribution < 1.29 is 0 Å². The van der Waals surface area contributed by atoms with Gasteiger partial charge in [-0.3, -0.25) is 5.10 Å². The second kappa shape index (κ2) is 4.84. The van der Waals surface area contributed by atoms with Gasteiger partial charge in [-0.05, 0) is 51.3 Å². The van der Waals surface area contributed by atoms with Crippen LogP contribution in [-0.2, 0) is 0 Å². The van der Waals surface area contributed by atoms with Crippen molar-refractivity contribution in [2.45, 2.75) is 40.7 Å². The van der Waals surface area contributed by atoms with Crippen LogP contribution in [0.4, 0.5) is 5.69 Å². The van der Waals surface area contributed by atoms with E-state index >= 15 is 0 Å². The van der Waals surface area contributed by atoms with E-state index in [9.17, 15) is 0 Å². The molecule has 0 aliphatic rings. The zero-order valence-electron chi connectivity index (χ0n) is 11.8. The van der Waals surface area contributed by atoms with Crippen LogP contribution in [0.5, 0.6) is 0 Å². The summed E-state index contributed by atoms with van der Waals surface area (Å²) in [4.78, 5) is 0. The molecule has 18 heavy (non-hydrogen) atoms. The molecule has 0 aliphatic heterocycles. The number of aryl methyl sites for hydroxylation is 4. The van der Waals surface area contributed by atoms with Crippen molar-refractivity contribution in [2.24, 2.45) is 0 Å². The van der Waals surface area contributed by atoms with Gasteiger partial charge in [0, 0.05) is 6.04 Å². The lowest BCUT2D eigenvalue weighted by Crippen LogP contribution is -2.08. The van der Waals surface area contributed by atoms with Gasteiger partial charge in [-0.1, -0.05) is 18.2 Å². The molecule has 0 saturated carbocycles. The first kappa shape index (κ1) is 12.7. The van der Waals surface area contributed by atoms with E-state index in [1.165, 1.54) is 16.7 Å². The highest BCUT2D eigenvalue weighted by atomic mass is 15.2. The van der Waals surface area contributed by atoms with Crippen molar-refractivity contribution >= 4 is 5.69 Å². The summed E-state index contributed by atoms with van der Waals surface area (Å²) < 4.78 is 0. The molecule has 0 aliphatic carbocycles. The highest BCUT2D eigenvalue weighted by molar-refractivity contribution is 5.53. The van der Waals surface area contributed by atoms with Crippen molar-refractivity contribution in [3.63, 3.8) is 0 Å². The van der Waals surface area contributed by atoms with Crippen molar-refractivity contribution in [3.05, 3.63) is 46.3 Å². The lowest BCUT2D eigenvalue weighted by molar-refractivity contribution is 0.877. The number of anilines is 1. The van der Waals surface area contributed by atoms with Crippen LogP contribution in [0.1, 0.15) is 41.0 Å². The monoisotopic (exact) mass is 243 g/mol. The Morgan fingerprint density at radius 3 is 2.39 bits per heavy atom. The van der Waals surface area contributed by atoms with Crippen LogP contribution >= 0.6 is 0 Å². The summed E-state index contributed by atoms with van der Waals surface area (Å²) >= 11 is 0. The maximum Gasteiger partial charge on any atom is 0.0825 e. The zero-order chi connectivity index (χ0) is 13.3. The van der Waals surface area contributed by atoms with E-state index in [0.717, 1.165) is 17.1 Å². The molecule has 0 fully saturated rings. The van der Waals surface area contributed by atoms with Crippen LogP contribution in [0.2, 0.25) is 0 Å². The lowest BCUT2D eigenvalue weighted by atomic mass is 10.0. The molecule has 1 heterocycles. The van der Waals surface area contributed by atoms with Crippen molar-refractivity contribution in [2.75, 3.05) is 5.32 Å². The molecule has 3 nitrogen and oxygen atoms in total. The fourth-order valence-corrected chi connectivity index (χ4v) is 2.10. The highest BCUT2D eigenvalue weighted by Gasteiger charge is 2.11. The summed E-state index contributed by atoms with van der Waals surface area (Å²) in [6.45, 7) is 10.5. The molecule has 2 rings (SSSR count). The Balaban J connectivity index is 2.22. The minimum atomic E-state index is 0.277. The Bertz CT molecular complexity index is 535. The standard InChI is InChI=1S/C15H21N3/c1-9-6-7-14(8-10(9)2)11(3)16-15-12(4)17-18-13(15)5/h6-8,11,16H,1-5H3,(H,17,18). The minimum absolute atomic E-state index is 0.277. The Hall–Kier alpha value is -1.77. The van der Waals surface area contributed by atoms with Crippen LogP contribution < -0.4 is 5.32 Å². The molecule has 0 bridgehead atoms.